The molecule has 0 radical (unpaired) electrons. The molecule has 3 nitrogen and oxygen atoms in total. The molecule has 1 aromatic carbocycles. The van der Waals surface area contributed by atoms with Gasteiger partial charge in [0.15, 0.2) is 0 Å². The van der Waals surface area contributed by atoms with Crippen LogP contribution in [0.5, 0.6) is 0 Å². The minimum absolute atomic E-state index is 0.290. The summed E-state index contributed by atoms with van der Waals surface area (Å²) >= 11 is 0. The largest absolute Gasteiger partial charge is 0.481 e. The number of benzene rings is 1. The van der Waals surface area contributed by atoms with Gasteiger partial charge in [-0.1, -0.05) is 30.3 Å². The number of carbonyl (C=O) groups is 1. The maximum atomic E-state index is 10.6. The fourth-order valence-electron chi connectivity index (χ4n) is 1.28. The first-order chi connectivity index (χ1) is 6.74. The van der Waals surface area contributed by atoms with Crippen LogP contribution in [-0.2, 0) is 11.2 Å². The summed E-state index contributed by atoms with van der Waals surface area (Å²) in [6.07, 6.45) is 1.17. The normalized spacial score (nSPS) is 12.4. The van der Waals surface area contributed by atoms with Crippen LogP contribution in [0.1, 0.15) is 12.0 Å². The zero-order valence-electron chi connectivity index (χ0n) is 7.89. The van der Waals surface area contributed by atoms with Gasteiger partial charge in [-0.3, -0.25) is 4.79 Å². The summed E-state index contributed by atoms with van der Waals surface area (Å²) in [5, 5.41) is 17.5. The highest BCUT2D eigenvalue weighted by atomic mass is 16.4. The summed E-state index contributed by atoms with van der Waals surface area (Å²) in [6, 6.07) is 9.67. The van der Waals surface area contributed by atoms with Crippen molar-refractivity contribution in [2.75, 3.05) is 6.61 Å². The first-order valence-corrected chi connectivity index (χ1v) is 4.61. The highest BCUT2D eigenvalue weighted by Crippen LogP contribution is 2.09. The second kappa shape index (κ2) is 5.40. The Balaban J connectivity index is 2.44. The van der Waals surface area contributed by atoms with Crippen molar-refractivity contribution in [3.05, 3.63) is 35.9 Å². The molecule has 0 amide bonds. The predicted octanol–water partition coefficient (Wildman–Crippen LogP) is 1.31. The molecule has 76 valence electrons. The van der Waals surface area contributed by atoms with Gasteiger partial charge in [0.25, 0.3) is 0 Å². The second-order valence-electron chi connectivity index (χ2n) is 3.24. The van der Waals surface area contributed by atoms with Gasteiger partial charge in [0.1, 0.15) is 0 Å². The molecule has 0 unspecified atom stereocenters. The molecule has 1 aromatic rings. The lowest BCUT2D eigenvalue weighted by molar-refractivity contribution is -0.143. The summed E-state index contributed by atoms with van der Waals surface area (Å²) in [5.74, 6) is -1.57. The van der Waals surface area contributed by atoms with E-state index in [1.807, 2.05) is 30.3 Å². The summed E-state index contributed by atoms with van der Waals surface area (Å²) in [4.78, 5) is 10.6. The Morgan fingerprint density at radius 3 is 2.43 bits per heavy atom. The molecule has 0 saturated carbocycles. The van der Waals surface area contributed by atoms with Crippen molar-refractivity contribution in [3.63, 3.8) is 0 Å². The van der Waals surface area contributed by atoms with Crippen LogP contribution < -0.4 is 0 Å². The molecule has 3 heteroatoms. The molecule has 0 spiro atoms. The number of aliphatic carboxylic acids is 1. The number of carboxylic acids is 1. The van der Waals surface area contributed by atoms with Gasteiger partial charge < -0.3 is 10.2 Å². The molecule has 0 heterocycles. The third kappa shape index (κ3) is 3.18. The highest BCUT2D eigenvalue weighted by molar-refractivity contribution is 5.70. The minimum Gasteiger partial charge on any atom is -0.481 e. The number of hydrogen-bond donors (Lipinski definition) is 2. The number of carboxylic acid groups (broad SMARTS) is 1. The Morgan fingerprint density at radius 2 is 1.93 bits per heavy atom. The number of rotatable bonds is 5. The second-order valence-corrected chi connectivity index (χ2v) is 3.24. The van der Waals surface area contributed by atoms with E-state index in [-0.39, 0.29) is 6.61 Å². The fourth-order valence-corrected chi connectivity index (χ4v) is 1.28. The maximum absolute atomic E-state index is 10.6. The molecule has 0 aromatic heterocycles. The maximum Gasteiger partial charge on any atom is 0.308 e. The fraction of sp³-hybridized carbons (Fsp3) is 0.364. The van der Waals surface area contributed by atoms with E-state index in [1.54, 1.807) is 0 Å². The molecule has 1 rings (SSSR count). The highest BCUT2D eigenvalue weighted by Gasteiger charge is 2.15. The number of aliphatic hydroxyl groups excluding tert-OH is 1. The molecule has 0 aliphatic rings. The van der Waals surface area contributed by atoms with Crippen LogP contribution in [0.25, 0.3) is 0 Å². The smallest absolute Gasteiger partial charge is 0.308 e. The first-order valence-electron chi connectivity index (χ1n) is 4.61. The first kappa shape index (κ1) is 10.7. The van der Waals surface area contributed by atoms with E-state index in [4.69, 9.17) is 10.2 Å². The molecular weight excluding hydrogens is 180 g/mol. The minimum atomic E-state index is -0.927. The van der Waals surface area contributed by atoms with Crippen LogP contribution in [0.4, 0.5) is 0 Å². The lowest BCUT2D eigenvalue weighted by atomic mass is 10.0. The van der Waals surface area contributed by atoms with E-state index in [1.165, 1.54) is 0 Å². The summed E-state index contributed by atoms with van der Waals surface area (Å²) < 4.78 is 0. The molecule has 14 heavy (non-hydrogen) atoms. The van der Waals surface area contributed by atoms with Crippen LogP contribution in [0.2, 0.25) is 0 Å². The van der Waals surface area contributed by atoms with Crippen LogP contribution in [0.3, 0.4) is 0 Å². The molecule has 0 bridgehead atoms. The Hall–Kier alpha value is -1.35. The van der Waals surface area contributed by atoms with Gasteiger partial charge in [0.05, 0.1) is 12.5 Å². The molecule has 0 aliphatic carbocycles. The van der Waals surface area contributed by atoms with Crippen LogP contribution in [0, 0.1) is 5.92 Å². The van der Waals surface area contributed by atoms with Crippen LogP contribution >= 0.6 is 0 Å². The Morgan fingerprint density at radius 1 is 1.29 bits per heavy atom. The lowest BCUT2D eigenvalue weighted by Crippen LogP contribution is -2.18. The van der Waals surface area contributed by atoms with Crippen LogP contribution in [-0.4, -0.2) is 22.8 Å². The summed E-state index contributed by atoms with van der Waals surface area (Å²) in [7, 11) is 0. The molecule has 0 aliphatic heterocycles. The zero-order valence-corrected chi connectivity index (χ0v) is 7.89. The molecule has 1 atom stereocenters. The van der Waals surface area contributed by atoms with Crippen LogP contribution in [0.15, 0.2) is 30.3 Å². The van der Waals surface area contributed by atoms with Crippen molar-refractivity contribution >= 4 is 5.97 Å². The van der Waals surface area contributed by atoms with Gasteiger partial charge in [0.2, 0.25) is 0 Å². The molecule has 0 saturated heterocycles. The van der Waals surface area contributed by atoms with Crippen molar-refractivity contribution in [1.82, 2.24) is 0 Å². The number of hydrogen-bond acceptors (Lipinski definition) is 2. The van der Waals surface area contributed by atoms with E-state index in [2.05, 4.69) is 0 Å². The molecule has 0 fully saturated rings. The average molecular weight is 194 g/mol. The van der Waals surface area contributed by atoms with Crippen molar-refractivity contribution in [1.29, 1.82) is 0 Å². The van der Waals surface area contributed by atoms with Crippen molar-refractivity contribution < 1.29 is 15.0 Å². The van der Waals surface area contributed by atoms with E-state index >= 15 is 0 Å². The van der Waals surface area contributed by atoms with E-state index in [0.717, 1.165) is 5.56 Å². The predicted molar refractivity (Wildman–Crippen MR) is 53.0 cm³/mol. The quantitative estimate of drug-likeness (QED) is 0.743. The lowest BCUT2D eigenvalue weighted by Gasteiger charge is -2.08. The molecular formula is C11H14O3. The van der Waals surface area contributed by atoms with Gasteiger partial charge in [-0.2, -0.15) is 0 Å². The van der Waals surface area contributed by atoms with Gasteiger partial charge in [-0.05, 0) is 18.4 Å². The van der Waals surface area contributed by atoms with Crippen molar-refractivity contribution in [3.8, 4) is 0 Å². The third-order valence-electron chi connectivity index (χ3n) is 2.19. The monoisotopic (exact) mass is 194 g/mol. The van der Waals surface area contributed by atoms with E-state index in [0.29, 0.717) is 12.8 Å². The topological polar surface area (TPSA) is 57.5 Å². The van der Waals surface area contributed by atoms with E-state index < -0.39 is 11.9 Å². The summed E-state index contributed by atoms with van der Waals surface area (Å²) in [6.45, 7) is -0.290. The Labute approximate surface area is 83.0 Å². The van der Waals surface area contributed by atoms with Gasteiger partial charge in [-0.25, -0.2) is 0 Å². The molecule has 2 N–H and O–H groups in total. The Bertz CT molecular complexity index is 282. The SMILES string of the molecule is O=C(O)[C@H](CO)CCc1ccccc1. The van der Waals surface area contributed by atoms with Crippen molar-refractivity contribution in [2.45, 2.75) is 12.8 Å². The van der Waals surface area contributed by atoms with Gasteiger partial charge in [-0.15, -0.1) is 0 Å². The average Bonchev–Trinajstić information content (AvgIpc) is 2.20. The standard InChI is InChI=1S/C11H14O3/c12-8-10(11(13)14)7-6-9-4-2-1-3-5-9/h1-5,10,12H,6-8H2,(H,13,14)/t10-/m0/s1. The van der Waals surface area contributed by atoms with Crippen molar-refractivity contribution in [2.24, 2.45) is 5.92 Å². The summed E-state index contributed by atoms with van der Waals surface area (Å²) in [5.41, 5.74) is 1.10. The van der Waals surface area contributed by atoms with Gasteiger partial charge >= 0.3 is 5.97 Å². The third-order valence-corrected chi connectivity index (χ3v) is 2.19. The van der Waals surface area contributed by atoms with E-state index in [9.17, 15) is 4.79 Å². The Kier molecular flexibility index (Phi) is 4.13. The zero-order chi connectivity index (χ0) is 10.4. The van der Waals surface area contributed by atoms with Gasteiger partial charge in [0, 0.05) is 0 Å². The number of aryl methyl sites for hydroxylation is 1. The number of aliphatic hydroxyl groups is 1.